The van der Waals surface area contributed by atoms with Gasteiger partial charge in [-0.05, 0) is 31.1 Å². The third kappa shape index (κ3) is 2.23. The van der Waals surface area contributed by atoms with Gasteiger partial charge in [0, 0.05) is 12.4 Å². The van der Waals surface area contributed by atoms with E-state index >= 15 is 0 Å². The molecule has 0 spiro atoms. The van der Waals surface area contributed by atoms with Crippen LogP contribution in [0, 0.1) is 0 Å². The highest BCUT2D eigenvalue weighted by Crippen LogP contribution is 1.95. The van der Waals surface area contributed by atoms with Gasteiger partial charge in [-0.3, -0.25) is 0 Å². The summed E-state index contributed by atoms with van der Waals surface area (Å²) < 4.78 is 0. The zero-order chi connectivity index (χ0) is 7.23. The number of hydrogen-bond donors (Lipinski definition) is 2. The van der Waals surface area contributed by atoms with E-state index in [1.54, 1.807) is 0 Å². The van der Waals surface area contributed by atoms with Crippen LogP contribution in [-0.2, 0) is 6.42 Å². The van der Waals surface area contributed by atoms with Gasteiger partial charge in [-0.15, -0.1) is 0 Å². The minimum absolute atomic E-state index is 1.06. The Morgan fingerprint density at radius 3 is 3.10 bits per heavy atom. The summed E-state index contributed by atoms with van der Waals surface area (Å²) in [6, 6.07) is 2.11. The van der Waals surface area contributed by atoms with Gasteiger partial charge in [0.1, 0.15) is 0 Å². The molecule has 0 amide bonds. The standard InChI is InChI=1S/C8H14N2/c1-2-9-5-3-8-4-6-10-7-8/h4,6-7,9-10H,2-3,5H2,1H3. The topological polar surface area (TPSA) is 27.8 Å². The number of aromatic amines is 1. The van der Waals surface area contributed by atoms with E-state index < -0.39 is 0 Å². The van der Waals surface area contributed by atoms with Crippen molar-refractivity contribution in [2.24, 2.45) is 0 Å². The Labute approximate surface area is 61.7 Å². The Morgan fingerprint density at radius 1 is 1.60 bits per heavy atom. The first kappa shape index (κ1) is 7.35. The molecule has 0 saturated heterocycles. The normalized spacial score (nSPS) is 10.1. The highest BCUT2D eigenvalue weighted by molar-refractivity contribution is 5.08. The highest BCUT2D eigenvalue weighted by Gasteiger charge is 1.89. The van der Waals surface area contributed by atoms with Crippen LogP contribution in [0.3, 0.4) is 0 Å². The number of likely N-dealkylation sites (N-methyl/N-ethyl adjacent to an activating group) is 1. The fraction of sp³-hybridized carbons (Fsp3) is 0.500. The average Bonchev–Trinajstić information content (AvgIpc) is 2.41. The molecule has 2 nitrogen and oxygen atoms in total. The lowest BCUT2D eigenvalue weighted by atomic mass is 10.2. The van der Waals surface area contributed by atoms with Gasteiger partial charge >= 0.3 is 0 Å². The van der Waals surface area contributed by atoms with Crippen molar-refractivity contribution in [1.82, 2.24) is 10.3 Å². The minimum atomic E-state index is 1.06. The van der Waals surface area contributed by atoms with Crippen molar-refractivity contribution in [1.29, 1.82) is 0 Å². The predicted octanol–water partition coefficient (Wildman–Crippen LogP) is 1.17. The SMILES string of the molecule is CCNCCc1cc[nH]c1. The smallest absolute Gasteiger partial charge is 0.00378 e. The van der Waals surface area contributed by atoms with Crippen molar-refractivity contribution >= 4 is 0 Å². The molecular weight excluding hydrogens is 124 g/mol. The fourth-order valence-electron chi connectivity index (χ4n) is 0.923. The molecule has 10 heavy (non-hydrogen) atoms. The summed E-state index contributed by atoms with van der Waals surface area (Å²) in [6.45, 7) is 4.26. The molecule has 1 aromatic rings. The van der Waals surface area contributed by atoms with Gasteiger partial charge in [0.25, 0.3) is 0 Å². The third-order valence-corrected chi connectivity index (χ3v) is 1.50. The maximum Gasteiger partial charge on any atom is 0.00378 e. The Morgan fingerprint density at radius 2 is 2.50 bits per heavy atom. The van der Waals surface area contributed by atoms with E-state index in [0.29, 0.717) is 0 Å². The Hall–Kier alpha value is -0.760. The molecule has 0 aromatic carbocycles. The molecule has 0 bridgehead atoms. The van der Waals surface area contributed by atoms with Crippen molar-refractivity contribution in [3.05, 3.63) is 24.0 Å². The van der Waals surface area contributed by atoms with Gasteiger partial charge in [-0.2, -0.15) is 0 Å². The first-order chi connectivity index (χ1) is 4.93. The Kier molecular flexibility index (Phi) is 3.03. The lowest BCUT2D eigenvalue weighted by Crippen LogP contribution is -2.15. The van der Waals surface area contributed by atoms with Gasteiger partial charge in [-0.25, -0.2) is 0 Å². The zero-order valence-electron chi connectivity index (χ0n) is 6.35. The molecule has 2 N–H and O–H groups in total. The summed E-state index contributed by atoms with van der Waals surface area (Å²) >= 11 is 0. The van der Waals surface area contributed by atoms with Crippen LogP contribution < -0.4 is 5.32 Å². The van der Waals surface area contributed by atoms with E-state index in [-0.39, 0.29) is 0 Å². The van der Waals surface area contributed by atoms with Crippen LogP contribution in [-0.4, -0.2) is 18.1 Å². The van der Waals surface area contributed by atoms with Crippen LogP contribution in [0.5, 0.6) is 0 Å². The Balaban J connectivity index is 2.15. The van der Waals surface area contributed by atoms with E-state index in [1.165, 1.54) is 5.56 Å². The van der Waals surface area contributed by atoms with Crippen LogP contribution >= 0.6 is 0 Å². The molecular formula is C8H14N2. The van der Waals surface area contributed by atoms with Gasteiger partial charge < -0.3 is 10.3 Å². The van der Waals surface area contributed by atoms with Gasteiger partial charge in [0.05, 0.1) is 0 Å². The lowest BCUT2D eigenvalue weighted by molar-refractivity contribution is 0.717. The van der Waals surface area contributed by atoms with E-state index in [1.807, 2.05) is 12.4 Å². The minimum Gasteiger partial charge on any atom is -0.367 e. The molecule has 0 saturated carbocycles. The number of rotatable bonds is 4. The van der Waals surface area contributed by atoms with Crippen molar-refractivity contribution in [3.8, 4) is 0 Å². The maximum atomic E-state index is 3.27. The largest absolute Gasteiger partial charge is 0.367 e. The molecule has 56 valence electrons. The van der Waals surface area contributed by atoms with Crippen molar-refractivity contribution in [3.63, 3.8) is 0 Å². The zero-order valence-corrected chi connectivity index (χ0v) is 6.35. The second kappa shape index (κ2) is 4.12. The quantitative estimate of drug-likeness (QED) is 0.600. The molecule has 1 heterocycles. The summed E-state index contributed by atoms with van der Waals surface area (Å²) in [5.41, 5.74) is 1.38. The molecule has 0 radical (unpaired) electrons. The van der Waals surface area contributed by atoms with Crippen LogP contribution in [0.2, 0.25) is 0 Å². The molecule has 0 aliphatic heterocycles. The van der Waals surface area contributed by atoms with E-state index in [9.17, 15) is 0 Å². The van der Waals surface area contributed by atoms with Gasteiger partial charge in [0.2, 0.25) is 0 Å². The molecule has 1 rings (SSSR count). The van der Waals surface area contributed by atoms with Gasteiger partial charge in [0.15, 0.2) is 0 Å². The van der Waals surface area contributed by atoms with Crippen LogP contribution in [0.25, 0.3) is 0 Å². The summed E-state index contributed by atoms with van der Waals surface area (Å²) in [5, 5.41) is 3.27. The van der Waals surface area contributed by atoms with Gasteiger partial charge in [-0.1, -0.05) is 6.92 Å². The second-order valence-electron chi connectivity index (χ2n) is 2.32. The van der Waals surface area contributed by atoms with Crippen LogP contribution in [0.15, 0.2) is 18.5 Å². The third-order valence-electron chi connectivity index (χ3n) is 1.50. The Bertz CT molecular complexity index is 156. The first-order valence-corrected chi connectivity index (χ1v) is 3.76. The summed E-state index contributed by atoms with van der Waals surface area (Å²) in [7, 11) is 0. The molecule has 0 atom stereocenters. The number of aromatic nitrogens is 1. The summed E-state index contributed by atoms with van der Waals surface area (Å²) in [4.78, 5) is 3.03. The van der Waals surface area contributed by atoms with Crippen molar-refractivity contribution in [2.45, 2.75) is 13.3 Å². The fourth-order valence-corrected chi connectivity index (χ4v) is 0.923. The second-order valence-corrected chi connectivity index (χ2v) is 2.32. The first-order valence-electron chi connectivity index (χ1n) is 3.76. The van der Waals surface area contributed by atoms with E-state index in [2.05, 4.69) is 23.3 Å². The number of hydrogen-bond acceptors (Lipinski definition) is 1. The van der Waals surface area contributed by atoms with Crippen molar-refractivity contribution < 1.29 is 0 Å². The predicted molar refractivity (Wildman–Crippen MR) is 43.0 cm³/mol. The molecule has 0 aliphatic carbocycles. The molecule has 2 heteroatoms. The molecule has 0 fully saturated rings. The maximum absolute atomic E-state index is 3.27. The lowest BCUT2D eigenvalue weighted by Gasteiger charge is -1.97. The van der Waals surface area contributed by atoms with E-state index in [4.69, 9.17) is 0 Å². The average molecular weight is 138 g/mol. The summed E-state index contributed by atoms with van der Waals surface area (Å²) in [5.74, 6) is 0. The van der Waals surface area contributed by atoms with E-state index in [0.717, 1.165) is 19.5 Å². The summed E-state index contributed by atoms with van der Waals surface area (Å²) in [6.07, 6.45) is 5.12. The molecule has 1 aromatic heterocycles. The monoisotopic (exact) mass is 138 g/mol. The molecule has 0 aliphatic rings. The highest BCUT2D eigenvalue weighted by atomic mass is 14.8. The van der Waals surface area contributed by atoms with Crippen molar-refractivity contribution in [2.75, 3.05) is 13.1 Å². The van der Waals surface area contributed by atoms with Crippen LogP contribution in [0.1, 0.15) is 12.5 Å². The van der Waals surface area contributed by atoms with Crippen LogP contribution in [0.4, 0.5) is 0 Å². The number of nitrogens with one attached hydrogen (secondary N) is 2. The number of H-pyrrole nitrogens is 1. The molecule has 0 unspecified atom stereocenters.